The normalized spacial score (nSPS) is 18.0. The van der Waals surface area contributed by atoms with Gasteiger partial charge in [-0.3, -0.25) is 0 Å². The highest BCUT2D eigenvalue weighted by Crippen LogP contribution is 2.37. The number of aliphatic hydroxyl groups is 1. The van der Waals surface area contributed by atoms with Crippen molar-refractivity contribution in [1.29, 1.82) is 0 Å². The van der Waals surface area contributed by atoms with Gasteiger partial charge in [0.05, 0.1) is 4.90 Å². The highest BCUT2D eigenvalue weighted by Gasteiger charge is 2.34. The molecule has 0 aliphatic heterocycles. The van der Waals surface area contributed by atoms with Crippen molar-refractivity contribution in [3.63, 3.8) is 0 Å². The molecule has 0 heterocycles. The Labute approximate surface area is 131 Å². The van der Waals surface area contributed by atoms with Crippen LogP contribution in [0.15, 0.2) is 29.2 Å². The molecular formula is C15H22ClNO3S. The van der Waals surface area contributed by atoms with E-state index >= 15 is 0 Å². The second-order valence-corrected chi connectivity index (χ2v) is 7.92. The van der Waals surface area contributed by atoms with Crippen LogP contribution < -0.4 is 4.72 Å². The van der Waals surface area contributed by atoms with Crippen molar-refractivity contribution in [2.45, 2.75) is 37.0 Å². The van der Waals surface area contributed by atoms with Crippen LogP contribution in [0, 0.1) is 5.41 Å². The van der Waals surface area contributed by atoms with Crippen molar-refractivity contribution in [2.75, 3.05) is 19.0 Å². The minimum absolute atomic E-state index is 0.0319. The minimum atomic E-state index is -3.52. The fraction of sp³-hybridized carbons (Fsp3) is 0.600. The minimum Gasteiger partial charge on any atom is -0.396 e. The Bertz CT molecular complexity index is 551. The zero-order chi connectivity index (χ0) is 15.3. The lowest BCUT2D eigenvalue weighted by Crippen LogP contribution is -2.38. The number of alkyl halides is 1. The van der Waals surface area contributed by atoms with Crippen LogP contribution in [0.2, 0.25) is 0 Å². The third-order valence-corrected chi connectivity index (χ3v) is 5.86. The molecule has 118 valence electrons. The number of aliphatic hydroxyl groups excluding tert-OH is 1. The Morgan fingerprint density at radius 2 is 1.81 bits per heavy atom. The lowest BCUT2D eigenvalue weighted by atomic mass is 9.88. The first-order valence-corrected chi connectivity index (χ1v) is 9.29. The van der Waals surface area contributed by atoms with Gasteiger partial charge in [-0.1, -0.05) is 25.0 Å². The van der Waals surface area contributed by atoms with Crippen LogP contribution >= 0.6 is 11.6 Å². The molecule has 1 saturated carbocycles. The number of hydrogen-bond acceptors (Lipinski definition) is 3. The van der Waals surface area contributed by atoms with E-state index in [2.05, 4.69) is 4.72 Å². The van der Waals surface area contributed by atoms with E-state index in [1.807, 2.05) is 0 Å². The summed E-state index contributed by atoms with van der Waals surface area (Å²) >= 11 is 5.67. The van der Waals surface area contributed by atoms with E-state index in [1.165, 1.54) is 0 Å². The Kier molecular flexibility index (Phi) is 5.66. The monoisotopic (exact) mass is 331 g/mol. The van der Waals surface area contributed by atoms with E-state index in [-0.39, 0.29) is 16.9 Å². The van der Waals surface area contributed by atoms with Crippen molar-refractivity contribution >= 4 is 21.6 Å². The number of sulfonamides is 1. The van der Waals surface area contributed by atoms with E-state index in [1.54, 1.807) is 24.3 Å². The van der Waals surface area contributed by atoms with Crippen molar-refractivity contribution in [2.24, 2.45) is 5.41 Å². The first-order chi connectivity index (χ1) is 10.0. The van der Waals surface area contributed by atoms with Gasteiger partial charge in [0.1, 0.15) is 0 Å². The first kappa shape index (κ1) is 16.7. The van der Waals surface area contributed by atoms with Gasteiger partial charge in [-0.15, -0.1) is 11.6 Å². The van der Waals surface area contributed by atoms with Crippen LogP contribution in [-0.4, -0.2) is 32.6 Å². The van der Waals surface area contributed by atoms with Gasteiger partial charge in [0.2, 0.25) is 10.0 Å². The van der Waals surface area contributed by atoms with Crippen molar-refractivity contribution in [1.82, 2.24) is 4.72 Å². The quantitative estimate of drug-likeness (QED) is 0.753. The SMILES string of the molecule is O=S(=O)(NCC1(CO)CCCC1)c1ccc(CCCl)cc1. The lowest BCUT2D eigenvalue weighted by molar-refractivity contribution is 0.134. The highest BCUT2D eigenvalue weighted by atomic mass is 35.5. The zero-order valence-electron chi connectivity index (χ0n) is 12.0. The van der Waals surface area contributed by atoms with Crippen molar-refractivity contribution in [3.05, 3.63) is 29.8 Å². The molecule has 1 aromatic rings. The predicted octanol–water partition coefficient (Wildman–Crippen LogP) is 2.30. The zero-order valence-corrected chi connectivity index (χ0v) is 13.6. The second-order valence-electron chi connectivity index (χ2n) is 5.77. The molecule has 1 aromatic carbocycles. The summed E-state index contributed by atoms with van der Waals surface area (Å²) in [5, 5.41) is 9.53. The lowest BCUT2D eigenvalue weighted by Gasteiger charge is -2.26. The van der Waals surface area contributed by atoms with E-state index in [4.69, 9.17) is 11.6 Å². The fourth-order valence-corrected chi connectivity index (χ4v) is 4.17. The standard InChI is InChI=1S/C15H22ClNO3S/c16-10-7-13-3-5-14(6-4-13)21(19,20)17-11-15(12-18)8-1-2-9-15/h3-6,17-18H,1-2,7-12H2. The summed E-state index contributed by atoms with van der Waals surface area (Å²) in [7, 11) is -3.52. The van der Waals surface area contributed by atoms with Crippen LogP contribution in [0.3, 0.4) is 0 Å². The molecule has 21 heavy (non-hydrogen) atoms. The molecule has 0 aromatic heterocycles. The smallest absolute Gasteiger partial charge is 0.240 e. The second kappa shape index (κ2) is 7.09. The summed E-state index contributed by atoms with van der Waals surface area (Å²) in [6, 6.07) is 6.78. The summed E-state index contributed by atoms with van der Waals surface area (Å²) in [6.45, 7) is 0.333. The molecule has 0 saturated heterocycles. The Hall–Kier alpha value is -0.620. The van der Waals surface area contributed by atoms with E-state index in [0.29, 0.717) is 12.4 Å². The van der Waals surface area contributed by atoms with Crippen LogP contribution in [0.1, 0.15) is 31.2 Å². The maximum atomic E-state index is 12.3. The maximum Gasteiger partial charge on any atom is 0.240 e. The Morgan fingerprint density at radius 1 is 1.19 bits per heavy atom. The number of benzene rings is 1. The molecule has 6 heteroatoms. The maximum absolute atomic E-state index is 12.3. The molecule has 0 spiro atoms. The van der Waals surface area contributed by atoms with Crippen LogP contribution in [-0.2, 0) is 16.4 Å². The summed E-state index contributed by atoms with van der Waals surface area (Å²) in [5.41, 5.74) is 0.734. The number of rotatable bonds is 7. The third-order valence-electron chi connectivity index (χ3n) is 4.25. The Balaban J connectivity index is 2.04. The molecule has 1 aliphatic rings. The Morgan fingerprint density at radius 3 is 2.33 bits per heavy atom. The predicted molar refractivity (Wildman–Crippen MR) is 84.0 cm³/mol. The third kappa shape index (κ3) is 4.19. The van der Waals surface area contributed by atoms with Gasteiger partial charge in [-0.05, 0) is 37.0 Å². The fourth-order valence-electron chi connectivity index (χ4n) is 2.79. The molecule has 0 radical (unpaired) electrons. The molecule has 0 unspecified atom stereocenters. The number of hydrogen-bond donors (Lipinski definition) is 2. The summed E-state index contributed by atoms with van der Waals surface area (Å²) in [6.07, 6.45) is 4.58. The topological polar surface area (TPSA) is 66.4 Å². The highest BCUT2D eigenvalue weighted by molar-refractivity contribution is 7.89. The van der Waals surface area contributed by atoms with Gasteiger partial charge < -0.3 is 5.11 Å². The molecule has 2 N–H and O–H groups in total. The summed E-state index contributed by atoms with van der Waals surface area (Å²) in [4.78, 5) is 0.256. The van der Waals surface area contributed by atoms with Crippen LogP contribution in [0.5, 0.6) is 0 Å². The molecule has 1 fully saturated rings. The largest absolute Gasteiger partial charge is 0.396 e. The molecule has 1 aliphatic carbocycles. The number of halogens is 1. The van der Waals surface area contributed by atoms with Gasteiger partial charge in [0.25, 0.3) is 0 Å². The van der Waals surface area contributed by atoms with Gasteiger partial charge in [-0.2, -0.15) is 0 Å². The molecular weight excluding hydrogens is 310 g/mol. The average molecular weight is 332 g/mol. The summed E-state index contributed by atoms with van der Waals surface area (Å²) < 4.78 is 27.2. The van der Waals surface area contributed by atoms with Gasteiger partial charge >= 0.3 is 0 Å². The average Bonchev–Trinajstić information content (AvgIpc) is 2.96. The molecule has 4 nitrogen and oxygen atoms in total. The molecule has 0 bridgehead atoms. The van der Waals surface area contributed by atoms with Crippen molar-refractivity contribution < 1.29 is 13.5 Å². The molecule has 0 amide bonds. The molecule has 0 atom stereocenters. The molecule has 2 rings (SSSR count). The van der Waals surface area contributed by atoms with E-state index in [9.17, 15) is 13.5 Å². The van der Waals surface area contributed by atoms with Gasteiger partial charge in [0.15, 0.2) is 0 Å². The van der Waals surface area contributed by atoms with Crippen LogP contribution in [0.25, 0.3) is 0 Å². The summed E-state index contributed by atoms with van der Waals surface area (Å²) in [5.74, 6) is 0.517. The van der Waals surface area contributed by atoms with Crippen molar-refractivity contribution in [3.8, 4) is 0 Å². The van der Waals surface area contributed by atoms with Crippen LogP contribution in [0.4, 0.5) is 0 Å². The van der Waals surface area contributed by atoms with E-state index in [0.717, 1.165) is 37.7 Å². The number of nitrogens with one attached hydrogen (secondary N) is 1. The van der Waals surface area contributed by atoms with Gasteiger partial charge in [0, 0.05) is 24.4 Å². The first-order valence-electron chi connectivity index (χ1n) is 7.27. The van der Waals surface area contributed by atoms with Gasteiger partial charge in [-0.25, -0.2) is 13.1 Å². The van der Waals surface area contributed by atoms with E-state index < -0.39 is 10.0 Å². The number of aryl methyl sites for hydroxylation is 1.